The number of halogens is 4. The Hall–Kier alpha value is -1.27. The Morgan fingerprint density at radius 1 is 1.32 bits per heavy atom. The van der Waals surface area contributed by atoms with Gasteiger partial charge in [0.05, 0.1) is 13.0 Å². The highest BCUT2D eigenvalue weighted by Crippen LogP contribution is 2.46. The van der Waals surface area contributed by atoms with Crippen molar-refractivity contribution in [3.63, 3.8) is 0 Å². The van der Waals surface area contributed by atoms with Crippen LogP contribution in [0.2, 0.25) is 5.02 Å². The number of aliphatic hydroxyl groups is 1. The van der Waals surface area contributed by atoms with E-state index >= 15 is 0 Å². The number of ether oxygens (including phenoxy) is 1. The van der Waals surface area contributed by atoms with Crippen LogP contribution >= 0.6 is 11.6 Å². The molecule has 2 unspecified atom stereocenters. The van der Waals surface area contributed by atoms with E-state index in [1.165, 1.54) is 24.3 Å². The number of benzene rings is 1. The number of alkyl halides is 3. The molecule has 124 valence electrons. The smallest absolute Gasteiger partial charge is 0.392 e. The quantitative estimate of drug-likeness (QED) is 0.804. The van der Waals surface area contributed by atoms with E-state index in [2.05, 4.69) is 4.74 Å². The van der Waals surface area contributed by atoms with E-state index in [0.717, 1.165) is 14.0 Å². The molecule has 1 N–H and O–H groups in total. The Morgan fingerprint density at radius 2 is 1.86 bits per heavy atom. The third-order valence-corrected chi connectivity index (χ3v) is 4.12. The highest BCUT2D eigenvalue weighted by atomic mass is 35.5. The van der Waals surface area contributed by atoms with Gasteiger partial charge in [-0.05, 0) is 30.5 Å². The number of methoxy groups -OCH3 is 1. The molecule has 3 nitrogen and oxygen atoms in total. The summed E-state index contributed by atoms with van der Waals surface area (Å²) in [5.41, 5.74) is -1.75. The monoisotopic (exact) mass is 338 g/mol. The SMILES string of the molecule is COC(=O)C(CCCO)(c1ccc(Cl)cc1)C(C)C(F)(F)F. The Bertz CT molecular complexity index is 502. The first kappa shape index (κ1) is 18.8. The zero-order chi connectivity index (χ0) is 17.0. The molecule has 0 amide bonds. The second kappa shape index (κ2) is 7.33. The van der Waals surface area contributed by atoms with E-state index in [0.29, 0.717) is 5.02 Å². The van der Waals surface area contributed by atoms with Crippen molar-refractivity contribution < 1.29 is 27.8 Å². The van der Waals surface area contributed by atoms with Crippen molar-refractivity contribution in [3.05, 3.63) is 34.9 Å². The molecule has 0 heterocycles. The number of hydrogen-bond acceptors (Lipinski definition) is 3. The van der Waals surface area contributed by atoms with E-state index in [9.17, 15) is 18.0 Å². The van der Waals surface area contributed by atoms with Gasteiger partial charge in [0.15, 0.2) is 0 Å². The lowest BCUT2D eigenvalue weighted by Crippen LogP contribution is -2.49. The molecule has 1 rings (SSSR count). The van der Waals surface area contributed by atoms with E-state index in [4.69, 9.17) is 16.7 Å². The van der Waals surface area contributed by atoms with Crippen LogP contribution in [0.4, 0.5) is 13.2 Å². The van der Waals surface area contributed by atoms with Gasteiger partial charge in [-0.3, -0.25) is 4.79 Å². The van der Waals surface area contributed by atoms with Gasteiger partial charge in [0.2, 0.25) is 0 Å². The molecule has 0 aliphatic heterocycles. The highest BCUT2D eigenvalue weighted by molar-refractivity contribution is 6.30. The number of carbonyl (C=O) groups excluding carboxylic acids is 1. The minimum atomic E-state index is -4.59. The van der Waals surface area contributed by atoms with Crippen LogP contribution in [0.1, 0.15) is 25.3 Å². The van der Waals surface area contributed by atoms with Crippen LogP contribution in [-0.2, 0) is 14.9 Å². The minimum Gasteiger partial charge on any atom is -0.468 e. The molecular formula is C15H18ClF3O3. The zero-order valence-corrected chi connectivity index (χ0v) is 13.0. The Morgan fingerprint density at radius 3 is 2.27 bits per heavy atom. The van der Waals surface area contributed by atoms with Crippen molar-refractivity contribution in [1.29, 1.82) is 0 Å². The van der Waals surface area contributed by atoms with Gasteiger partial charge < -0.3 is 9.84 Å². The molecule has 0 saturated heterocycles. The summed E-state index contributed by atoms with van der Waals surface area (Å²) in [5, 5.41) is 9.36. The largest absolute Gasteiger partial charge is 0.468 e. The van der Waals surface area contributed by atoms with Gasteiger partial charge in [-0.25, -0.2) is 0 Å². The minimum absolute atomic E-state index is 0.0398. The molecule has 0 aromatic heterocycles. The zero-order valence-electron chi connectivity index (χ0n) is 12.3. The Kier molecular flexibility index (Phi) is 6.26. The number of carbonyl (C=O) groups is 1. The van der Waals surface area contributed by atoms with Crippen LogP contribution in [-0.4, -0.2) is 31.0 Å². The van der Waals surface area contributed by atoms with Crippen LogP contribution in [0, 0.1) is 5.92 Å². The molecule has 0 aliphatic carbocycles. The lowest BCUT2D eigenvalue weighted by molar-refractivity contribution is -0.200. The molecular weight excluding hydrogens is 321 g/mol. The van der Waals surface area contributed by atoms with Gasteiger partial charge in [-0.15, -0.1) is 0 Å². The second-order valence-corrected chi connectivity index (χ2v) is 5.50. The summed E-state index contributed by atoms with van der Waals surface area (Å²) < 4.78 is 44.7. The summed E-state index contributed by atoms with van der Waals surface area (Å²) >= 11 is 5.77. The summed E-state index contributed by atoms with van der Waals surface area (Å²) in [4.78, 5) is 12.3. The van der Waals surface area contributed by atoms with E-state index in [-0.39, 0.29) is 25.0 Å². The van der Waals surface area contributed by atoms with Crippen molar-refractivity contribution in [2.75, 3.05) is 13.7 Å². The standard InChI is InChI=1S/C15H18ClF3O3/c1-10(15(17,18)19)14(8-3-9-20,13(21)22-2)11-4-6-12(16)7-5-11/h4-7,10,20H,3,8-9H2,1-2H3. The molecule has 1 aromatic carbocycles. The topological polar surface area (TPSA) is 46.5 Å². The van der Waals surface area contributed by atoms with Gasteiger partial charge >= 0.3 is 12.1 Å². The lowest BCUT2D eigenvalue weighted by atomic mass is 9.67. The van der Waals surface area contributed by atoms with Crippen LogP contribution in [0.25, 0.3) is 0 Å². The van der Waals surface area contributed by atoms with E-state index in [1.54, 1.807) is 0 Å². The first-order valence-corrected chi connectivity index (χ1v) is 7.10. The average molecular weight is 339 g/mol. The summed E-state index contributed by atoms with van der Waals surface area (Å²) in [7, 11) is 1.05. The normalized spacial score (nSPS) is 16.0. The number of rotatable bonds is 6. The molecule has 7 heteroatoms. The summed E-state index contributed by atoms with van der Waals surface area (Å²) in [6.45, 7) is 0.625. The van der Waals surface area contributed by atoms with Gasteiger partial charge in [-0.1, -0.05) is 30.7 Å². The van der Waals surface area contributed by atoms with Crippen molar-refractivity contribution >= 4 is 17.6 Å². The highest BCUT2D eigenvalue weighted by Gasteiger charge is 2.56. The Labute approximate surface area is 132 Å². The first-order valence-electron chi connectivity index (χ1n) is 6.72. The van der Waals surface area contributed by atoms with Crippen molar-refractivity contribution in [2.24, 2.45) is 5.92 Å². The van der Waals surface area contributed by atoms with Crippen LogP contribution in [0.5, 0.6) is 0 Å². The fraction of sp³-hybridized carbons (Fsp3) is 0.533. The fourth-order valence-electron chi connectivity index (χ4n) is 2.57. The molecule has 22 heavy (non-hydrogen) atoms. The second-order valence-electron chi connectivity index (χ2n) is 5.06. The van der Waals surface area contributed by atoms with Crippen molar-refractivity contribution in [2.45, 2.75) is 31.4 Å². The predicted octanol–water partition coefficient (Wildman–Crippen LogP) is 3.72. The van der Waals surface area contributed by atoms with Gasteiger partial charge in [0.25, 0.3) is 0 Å². The first-order chi connectivity index (χ1) is 10.2. The summed E-state index contributed by atoms with van der Waals surface area (Å²) in [5.74, 6) is -2.95. The number of hydrogen-bond donors (Lipinski definition) is 1. The third-order valence-electron chi connectivity index (χ3n) is 3.87. The third kappa shape index (κ3) is 3.73. The van der Waals surface area contributed by atoms with Crippen LogP contribution < -0.4 is 0 Å². The summed E-state index contributed by atoms with van der Waals surface area (Å²) in [6.07, 6.45) is -4.74. The average Bonchev–Trinajstić information content (AvgIpc) is 2.47. The van der Waals surface area contributed by atoms with E-state index < -0.39 is 23.5 Å². The molecule has 0 aliphatic rings. The molecule has 0 spiro atoms. The lowest BCUT2D eigenvalue weighted by Gasteiger charge is -2.38. The van der Waals surface area contributed by atoms with Crippen molar-refractivity contribution in [3.8, 4) is 0 Å². The van der Waals surface area contributed by atoms with Gasteiger partial charge in [-0.2, -0.15) is 13.2 Å². The molecule has 0 saturated carbocycles. The number of esters is 1. The fourth-order valence-corrected chi connectivity index (χ4v) is 2.70. The maximum Gasteiger partial charge on any atom is 0.392 e. The van der Waals surface area contributed by atoms with Crippen LogP contribution in [0.15, 0.2) is 24.3 Å². The van der Waals surface area contributed by atoms with Crippen molar-refractivity contribution in [1.82, 2.24) is 0 Å². The molecule has 0 radical (unpaired) electrons. The maximum atomic E-state index is 13.3. The van der Waals surface area contributed by atoms with Gasteiger partial charge in [0.1, 0.15) is 5.41 Å². The summed E-state index contributed by atoms with van der Waals surface area (Å²) in [6, 6.07) is 5.63. The van der Waals surface area contributed by atoms with E-state index in [1.807, 2.05) is 0 Å². The predicted molar refractivity (Wildman–Crippen MR) is 76.7 cm³/mol. The van der Waals surface area contributed by atoms with Gasteiger partial charge in [0, 0.05) is 11.6 Å². The maximum absolute atomic E-state index is 13.3. The number of aliphatic hydroxyl groups excluding tert-OH is 1. The Balaban J connectivity index is 3.50. The molecule has 0 bridgehead atoms. The molecule has 2 atom stereocenters. The van der Waals surface area contributed by atoms with Crippen LogP contribution in [0.3, 0.4) is 0 Å². The molecule has 0 fully saturated rings. The molecule has 1 aromatic rings.